The van der Waals surface area contributed by atoms with E-state index in [9.17, 15) is 4.39 Å². The highest BCUT2D eigenvalue weighted by Crippen LogP contribution is 2.09. The Bertz CT molecular complexity index is 273. The van der Waals surface area contributed by atoms with Crippen molar-refractivity contribution in [3.05, 3.63) is 36.8 Å². The molecule has 1 aromatic rings. The zero-order valence-electron chi connectivity index (χ0n) is 6.92. The zero-order valence-corrected chi connectivity index (χ0v) is 6.92. The lowest BCUT2D eigenvalue weighted by atomic mass is 10.3. The number of anilines is 1. The summed E-state index contributed by atoms with van der Waals surface area (Å²) in [5.74, 6) is -0.0731. The molecular formula is C9H11FN2. The molecule has 1 N–H and O–H groups in total. The predicted molar refractivity (Wildman–Crippen MR) is 47.5 cm³/mol. The van der Waals surface area contributed by atoms with E-state index in [0.29, 0.717) is 0 Å². The maximum atomic E-state index is 12.9. The van der Waals surface area contributed by atoms with Gasteiger partial charge in [0.15, 0.2) is 11.6 Å². The highest BCUT2D eigenvalue weighted by atomic mass is 19.1. The smallest absolute Gasteiger partial charge is 0.165 e. The van der Waals surface area contributed by atoms with E-state index in [1.807, 2.05) is 6.92 Å². The molecule has 0 saturated carbocycles. The van der Waals surface area contributed by atoms with E-state index in [1.165, 1.54) is 6.07 Å². The Labute approximate surface area is 71.1 Å². The minimum absolute atomic E-state index is 0.0226. The molecule has 1 heterocycles. The third-order valence-electron chi connectivity index (χ3n) is 1.48. The van der Waals surface area contributed by atoms with Crippen LogP contribution in [-0.2, 0) is 0 Å². The molecule has 3 heteroatoms. The van der Waals surface area contributed by atoms with Crippen LogP contribution in [0.15, 0.2) is 31.0 Å². The molecule has 0 aliphatic heterocycles. The number of hydrogen-bond acceptors (Lipinski definition) is 2. The molecule has 1 unspecified atom stereocenters. The highest BCUT2D eigenvalue weighted by molar-refractivity contribution is 5.37. The number of rotatable bonds is 3. The minimum atomic E-state index is -0.341. The van der Waals surface area contributed by atoms with Crippen LogP contribution in [0.1, 0.15) is 6.92 Å². The van der Waals surface area contributed by atoms with Crippen LogP contribution >= 0.6 is 0 Å². The predicted octanol–water partition coefficient (Wildman–Crippen LogP) is 2.21. The topological polar surface area (TPSA) is 24.9 Å². The molecule has 0 radical (unpaired) electrons. The van der Waals surface area contributed by atoms with Gasteiger partial charge in [0, 0.05) is 12.2 Å². The number of nitrogens with zero attached hydrogens (tertiary/aromatic N) is 1. The van der Waals surface area contributed by atoms with Crippen molar-refractivity contribution in [3.63, 3.8) is 0 Å². The SMILES string of the molecule is C=CC(C)Nc1ncccc1F. The second-order valence-corrected chi connectivity index (χ2v) is 2.50. The van der Waals surface area contributed by atoms with E-state index in [2.05, 4.69) is 16.9 Å². The van der Waals surface area contributed by atoms with Gasteiger partial charge in [-0.25, -0.2) is 9.37 Å². The number of nitrogens with one attached hydrogen (secondary N) is 1. The third-order valence-corrected chi connectivity index (χ3v) is 1.48. The zero-order chi connectivity index (χ0) is 8.97. The molecule has 64 valence electrons. The van der Waals surface area contributed by atoms with E-state index in [4.69, 9.17) is 0 Å². The Morgan fingerprint density at radius 3 is 3.08 bits per heavy atom. The van der Waals surface area contributed by atoms with Crippen molar-refractivity contribution in [1.29, 1.82) is 0 Å². The van der Waals surface area contributed by atoms with Crippen LogP contribution in [0.5, 0.6) is 0 Å². The first kappa shape index (κ1) is 8.71. The summed E-state index contributed by atoms with van der Waals surface area (Å²) >= 11 is 0. The Morgan fingerprint density at radius 2 is 2.50 bits per heavy atom. The summed E-state index contributed by atoms with van der Waals surface area (Å²) in [5, 5.41) is 2.86. The van der Waals surface area contributed by atoms with Gasteiger partial charge < -0.3 is 5.32 Å². The normalized spacial score (nSPS) is 12.2. The molecule has 0 aliphatic carbocycles. The standard InChI is InChI=1S/C9H11FN2/c1-3-7(2)12-9-8(10)5-4-6-11-9/h3-7H,1H2,2H3,(H,11,12). The summed E-state index contributed by atoms with van der Waals surface area (Å²) in [5.41, 5.74) is 0. The van der Waals surface area contributed by atoms with Crippen molar-refractivity contribution in [3.8, 4) is 0 Å². The molecule has 1 aromatic heterocycles. The summed E-state index contributed by atoms with van der Waals surface area (Å²) in [7, 11) is 0. The molecular weight excluding hydrogens is 155 g/mol. The van der Waals surface area contributed by atoms with Crippen LogP contribution in [0.4, 0.5) is 10.2 Å². The molecule has 0 aliphatic rings. The lowest BCUT2D eigenvalue weighted by Gasteiger charge is -2.09. The lowest BCUT2D eigenvalue weighted by Crippen LogP contribution is -2.13. The Balaban J connectivity index is 2.75. The van der Waals surface area contributed by atoms with Gasteiger partial charge >= 0.3 is 0 Å². The van der Waals surface area contributed by atoms with Crippen LogP contribution in [0.25, 0.3) is 0 Å². The van der Waals surface area contributed by atoms with Crippen molar-refractivity contribution in [2.24, 2.45) is 0 Å². The molecule has 1 atom stereocenters. The molecule has 2 nitrogen and oxygen atoms in total. The minimum Gasteiger partial charge on any atom is -0.362 e. The maximum absolute atomic E-state index is 12.9. The summed E-state index contributed by atoms with van der Waals surface area (Å²) in [6.45, 7) is 5.45. The Kier molecular flexibility index (Phi) is 2.80. The fourth-order valence-electron chi connectivity index (χ4n) is 0.766. The first-order chi connectivity index (χ1) is 5.74. The van der Waals surface area contributed by atoms with Gasteiger partial charge in [-0.3, -0.25) is 0 Å². The molecule has 0 fully saturated rings. The quantitative estimate of drug-likeness (QED) is 0.696. The molecule has 0 bridgehead atoms. The van der Waals surface area contributed by atoms with E-state index in [0.717, 1.165) is 0 Å². The second-order valence-electron chi connectivity index (χ2n) is 2.50. The first-order valence-electron chi connectivity index (χ1n) is 3.73. The van der Waals surface area contributed by atoms with Gasteiger partial charge in [-0.05, 0) is 19.1 Å². The molecule has 12 heavy (non-hydrogen) atoms. The van der Waals surface area contributed by atoms with Crippen LogP contribution in [0, 0.1) is 5.82 Å². The van der Waals surface area contributed by atoms with Crippen molar-refractivity contribution in [2.75, 3.05) is 5.32 Å². The van der Waals surface area contributed by atoms with E-state index in [-0.39, 0.29) is 17.7 Å². The van der Waals surface area contributed by atoms with Gasteiger partial charge in [0.2, 0.25) is 0 Å². The summed E-state index contributed by atoms with van der Waals surface area (Å²) < 4.78 is 12.9. The van der Waals surface area contributed by atoms with Crippen molar-refractivity contribution in [2.45, 2.75) is 13.0 Å². The monoisotopic (exact) mass is 166 g/mol. The third kappa shape index (κ3) is 2.05. The fraction of sp³-hybridized carbons (Fsp3) is 0.222. The van der Waals surface area contributed by atoms with Gasteiger partial charge in [-0.15, -0.1) is 6.58 Å². The fourth-order valence-corrected chi connectivity index (χ4v) is 0.766. The molecule has 0 spiro atoms. The number of pyridine rings is 1. The highest BCUT2D eigenvalue weighted by Gasteiger charge is 2.02. The van der Waals surface area contributed by atoms with E-state index < -0.39 is 0 Å². The van der Waals surface area contributed by atoms with Crippen molar-refractivity contribution in [1.82, 2.24) is 4.98 Å². The van der Waals surface area contributed by atoms with Crippen LogP contribution in [0.2, 0.25) is 0 Å². The summed E-state index contributed by atoms with van der Waals surface area (Å²) in [4.78, 5) is 3.83. The summed E-state index contributed by atoms with van der Waals surface area (Å²) in [6.07, 6.45) is 3.23. The van der Waals surface area contributed by atoms with Crippen LogP contribution in [-0.4, -0.2) is 11.0 Å². The lowest BCUT2D eigenvalue weighted by molar-refractivity contribution is 0.623. The van der Waals surface area contributed by atoms with Gasteiger partial charge in [-0.2, -0.15) is 0 Å². The number of halogens is 1. The summed E-state index contributed by atoms with van der Waals surface area (Å²) in [6, 6.07) is 2.94. The largest absolute Gasteiger partial charge is 0.362 e. The van der Waals surface area contributed by atoms with Crippen molar-refractivity contribution >= 4 is 5.82 Å². The first-order valence-corrected chi connectivity index (χ1v) is 3.73. The average Bonchev–Trinajstić information content (AvgIpc) is 2.09. The van der Waals surface area contributed by atoms with Gasteiger partial charge in [-0.1, -0.05) is 6.08 Å². The van der Waals surface area contributed by atoms with Gasteiger partial charge in [0.25, 0.3) is 0 Å². The van der Waals surface area contributed by atoms with E-state index >= 15 is 0 Å². The van der Waals surface area contributed by atoms with E-state index in [1.54, 1.807) is 18.3 Å². The van der Waals surface area contributed by atoms with Gasteiger partial charge in [0.1, 0.15) is 0 Å². The molecule has 1 rings (SSSR count). The molecule has 0 saturated heterocycles. The Hall–Kier alpha value is -1.38. The van der Waals surface area contributed by atoms with Crippen molar-refractivity contribution < 1.29 is 4.39 Å². The maximum Gasteiger partial charge on any atom is 0.165 e. The van der Waals surface area contributed by atoms with Crippen LogP contribution in [0.3, 0.4) is 0 Å². The van der Waals surface area contributed by atoms with Gasteiger partial charge in [0.05, 0.1) is 0 Å². The molecule has 0 amide bonds. The number of hydrogen-bond donors (Lipinski definition) is 1. The van der Waals surface area contributed by atoms with Crippen LogP contribution < -0.4 is 5.32 Å². The Morgan fingerprint density at radius 1 is 1.75 bits per heavy atom. The average molecular weight is 166 g/mol. The number of aromatic nitrogens is 1. The molecule has 0 aromatic carbocycles. The second kappa shape index (κ2) is 3.85.